The van der Waals surface area contributed by atoms with Crippen molar-refractivity contribution in [2.45, 2.75) is 19.1 Å². The summed E-state index contributed by atoms with van der Waals surface area (Å²) in [4.78, 5) is 30.9. The van der Waals surface area contributed by atoms with Gasteiger partial charge in [-0.2, -0.15) is 10.2 Å². The molecule has 0 spiro atoms. The molecular formula is C21H21N7O4. The fraction of sp³-hybridized carbons (Fsp3) is 0.286. The number of amides is 1. The van der Waals surface area contributed by atoms with Crippen LogP contribution in [0.2, 0.25) is 0 Å². The summed E-state index contributed by atoms with van der Waals surface area (Å²) in [6.45, 7) is 0.984. The second-order valence-electron chi connectivity index (χ2n) is 7.08. The Morgan fingerprint density at radius 3 is 3.03 bits per heavy atom. The number of nitrogen functional groups attached to an aromatic ring is 1. The molecule has 1 atom stereocenters. The summed E-state index contributed by atoms with van der Waals surface area (Å²) >= 11 is 0. The Labute approximate surface area is 183 Å². The third-order valence-corrected chi connectivity index (χ3v) is 4.83. The molecule has 0 radical (unpaired) electrons. The molecule has 1 saturated heterocycles. The van der Waals surface area contributed by atoms with Gasteiger partial charge in [0.05, 0.1) is 24.8 Å². The second-order valence-corrected chi connectivity index (χ2v) is 7.08. The van der Waals surface area contributed by atoms with Gasteiger partial charge in [0.25, 0.3) is 5.91 Å². The lowest BCUT2D eigenvalue weighted by atomic mass is 10.1. The van der Waals surface area contributed by atoms with Crippen LogP contribution in [0.15, 0.2) is 36.7 Å². The number of nitriles is 1. The molecule has 2 aromatic heterocycles. The highest BCUT2D eigenvalue weighted by Gasteiger charge is 2.26. The van der Waals surface area contributed by atoms with E-state index in [0.717, 1.165) is 0 Å². The summed E-state index contributed by atoms with van der Waals surface area (Å²) in [5.41, 5.74) is 9.45. The van der Waals surface area contributed by atoms with E-state index in [1.165, 1.54) is 0 Å². The Bertz CT molecular complexity index is 1170. The van der Waals surface area contributed by atoms with Crippen LogP contribution in [-0.4, -0.2) is 44.7 Å². The predicted octanol–water partition coefficient (Wildman–Crippen LogP) is 1.36. The maximum absolute atomic E-state index is 12.8. The van der Waals surface area contributed by atoms with Crippen molar-refractivity contribution < 1.29 is 19.1 Å². The molecule has 0 bridgehead atoms. The first-order valence-corrected chi connectivity index (χ1v) is 9.86. The molecule has 1 aliphatic heterocycles. The number of nitrogens with two attached hydrogens (primary N) is 1. The van der Waals surface area contributed by atoms with E-state index in [4.69, 9.17) is 25.3 Å². The van der Waals surface area contributed by atoms with Crippen LogP contribution in [0.5, 0.6) is 5.88 Å². The number of nitrogens with zero attached hydrogens (tertiary/aromatic N) is 5. The molecule has 3 aromatic rings. The van der Waals surface area contributed by atoms with Crippen LogP contribution in [0, 0.1) is 11.3 Å². The Morgan fingerprint density at radius 1 is 1.44 bits per heavy atom. The predicted molar refractivity (Wildman–Crippen MR) is 112 cm³/mol. The number of hydrogen-bond donors (Lipinski definition) is 2. The van der Waals surface area contributed by atoms with Gasteiger partial charge in [0.1, 0.15) is 29.9 Å². The first-order chi connectivity index (χ1) is 15.5. The number of aromatic nitrogens is 4. The highest BCUT2D eigenvalue weighted by atomic mass is 16.7. The molecule has 4 rings (SSSR count). The maximum atomic E-state index is 12.8. The Morgan fingerprint density at radius 2 is 2.31 bits per heavy atom. The Balaban J connectivity index is 1.61. The number of benzene rings is 1. The molecule has 11 nitrogen and oxygen atoms in total. The topological polar surface area (TPSA) is 150 Å². The summed E-state index contributed by atoms with van der Waals surface area (Å²) in [6.07, 6.45) is 3.77. The van der Waals surface area contributed by atoms with E-state index >= 15 is 0 Å². The van der Waals surface area contributed by atoms with Gasteiger partial charge in [-0.05, 0) is 12.1 Å². The zero-order valence-corrected chi connectivity index (χ0v) is 17.3. The Hall–Kier alpha value is -4.01. The van der Waals surface area contributed by atoms with Crippen LogP contribution in [0.3, 0.4) is 0 Å². The van der Waals surface area contributed by atoms with E-state index in [1.807, 2.05) is 7.05 Å². The quantitative estimate of drug-likeness (QED) is 0.524. The summed E-state index contributed by atoms with van der Waals surface area (Å²) in [7, 11) is 1.81. The lowest BCUT2D eigenvalue weighted by Gasteiger charge is -2.16. The first-order valence-electron chi connectivity index (χ1n) is 9.86. The van der Waals surface area contributed by atoms with Gasteiger partial charge in [0.15, 0.2) is 5.82 Å². The molecule has 1 aromatic carbocycles. The summed E-state index contributed by atoms with van der Waals surface area (Å²) < 4.78 is 13.1. The number of hydrogen-bond acceptors (Lipinski definition) is 9. The van der Waals surface area contributed by atoms with Gasteiger partial charge >= 0.3 is 0 Å². The smallest absolute Gasteiger partial charge is 0.284 e. The van der Waals surface area contributed by atoms with Gasteiger partial charge in [-0.1, -0.05) is 12.1 Å². The molecule has 32 heavy (non-hydrogen) atoms. The van der Waals surface area contributed by atoms with E-state index < -0.39 is 5.91 Å². The highest BCUT2D eigenvalue weighted by molar-refractivity contribution is 6.00. The molecule has 11 heteroatoms. The summed E-state index contributed by atoms with van der Waals surface area (Å²) in [5, 5.41) is 9.17. The monoisotopic (exact) mass is 435 g/mol. The van der Waals surface area contributed by atoms with E-state index in [-0.39, 0.29) is 35.8 Å². The van der Waals surface area contributed by atoms with Crippen molar-refractivity contribution in [3.8, 4) is 23.3 Å². The van der Waals surface area contributed by atoms with Crippen LogP contribution in [0.25, 0.3) is 11.4 Å². The van der Waals surface area contributed by atoms with Gasteiger partial charge in [0, 0.05) is 31.4 Å². The van der Waals surface area contributed by atoms with Gasteiger partial charge in [-0.3, -0.25) is 9.63 Å². The molecule has 0 saturated carbocycles. The number of carbonyl (C=O) groups is 1. The minimum Gasteiger partial charge on any atom is -0.471 e. The largest absolute Gasteiger partial charge is 0.471 e. The Kier molecular flexibility index (Phi) is 6.25. The molecule has 1 aliphatic rings. The minimum absolute atomic E-state index is 0.0171. The summed E-state index contributed by atoms with van der Waals surface area (Å²) in [6, 6.07) is 8.83. The minimum atomic E-state index is -0.650. The molecule has 0 aliphatic carbocycles. The fourth-order valence-corrected chi connectivity index (χ4v) is 3.13. The number of nitrogens with one attached hydrogen (secondary N) is 1. The van der Waals surface area contributed by atoms with Crippen molar-refractivity contribution >= 4 is 11.7 Å². The zero-order chi connectivity index (χ0) is 22.5. The van der Waals surface area contributed by atoms with E-state index in [9.17, 15) is 4.79 Å². The van der Waals surface area contributed by atoms with Crippen molar-refractivity contribution in [2.75, 3.05) is 18.9 Å². The molecular weight excluding hydrogens is 414 g/mol. The lowest BCUT2D eigenvalue weighted by Crippen LogP contribution is -2.28. The highest BCUT2D eigenvalue weighted by Crippen LogP contribution is 2.28. The summed E-state index contributed by atoms with van der Waals surface area (Å²) in [5.74, 6) is 0.150. The number of aryl methyl sites for hydroxylation is 1. The third kappa shape index (κ3) is 4.66. The van der Waals surface area contributed by atoms with Gasteiger partial charge < -0.3 is 19.8 Å². The number of hydroxylamine groups is 1. The number of ether oxygens (including phenoxy) is 2. The number of rotatable bonds is 7. The van der Waals surface area contributed by atoms with Crippen molar-refractivity contribution in [3.63, 3.8) is 0 Å². The normalized spacial score (nSPS) is 15.3. The van der Waals surface area contributed by atoms with Crippen molar-refractivity contribution in [3.05, 3.63) is 53.6 Å². The molecule has 1 amide bonds. The van der Waals surface area contributed by atoms with Crippen LogP contribution >= 0.6 is 0 Å². The first kappa shape index (κ1) is 21.2. The molecule has 3 heterocycles. The van der Waals surface area contributed by atoms with E-state index in [1.54, 1.807) is 41.2 Å². The van der Waals surface area contributed by atoms with Crippen LogP contribution < -0.4 is 16.0 Å². The van der Waals surface area contributed by atoms with Gasteiger partial charge in [0.2, 0.25) is 5.88 Å². The van der Waals surface area contributed by atoms with E-state index in [2.05, 4.69) is 26.5 Å². The molecule has 1 fully saturated rings. The number of anilines is 1. The second kappa shape index (κ2) is 9.42. The van der Waals surface area contributed by atoms with Crippen LogP contribution in [0.4, 0.5) is 5.82 Å². The van der Waals surface area contributed by atoms with Crippen molar-refractivity contribution in [2.24, 2.45) is 7.05 Å². The maximum Gasteiger partial charge on any atom is 0.284 e. The van der Waals surface area contributed by atoms with E-state index in [0.29, 0.717) is 36.6 Å². The molecule has 164 valence electrons. The van der Waals surface area contributed by atoms with Gasteiger partial charge in [-0.15, -0.1) is 0 Å². The molecule has 0 unspecified atom stereocenters. The van der Waals surface area contributed by atoms with Gasteiger partial charge in [-0.25, -0.2) is 15.4 Å². The van der Waals surface area contributed by atoms with Crippen molar-refractivity contribution in [1.82, 2.24) is 25.0 Å². The number of imidazole rings is 1. The average Bonchev–Trinajstić information content (AvgIpc) is 3.45. The zero-order valence-electron chi connectivity index (χ0n) is 17.3. The van der Waals surface area contributed by atoms with Crippen LogP contribution in [-0.2, 0) is 23.2 Å². The number of carbonyl (C=O) groups excluding carboxylic acids is 1. The van der Waals surface area contributed by atoms with Crippen LogP contribution in [0.1, 0.15) is 28.2 Å². The lowest BCUT2D eigenvalue weighted by molar-refractivity contribution is 0.0197. The standard InChI is InChI=1S/C21H21N7O4/c1-28-7-6-24-16(28)12-31-27-20(29)17-18(23)25-19(14-4-2-3-13(9-14)10-22)26-21(17)32-15-5-8-30-11-15/h2-4,6-7,9,15H,5,8,11-12H2,1H3,(H,27,29)(H2,23,25,26)/t15-/m0/s1. The third-order valence-electron chi connectivity index (χ3n) is 4.83. The van der Waals surface area contributed by atoms with Crippen molar-refractivity contribution in [1.29, 1.82) is 5.26 Å². The fourth-order valence-electron chi connectivity index (χ4n) is 3.13. The average molecular weight is 435 g/mol. The SMILES string of the molecule is Cn1ccnc1CONC(=O)c1c(N)nc(-c2cccc(C#N)c2)nc1O[C@H]1CCOC1. The molecule has 3 N–H and O–H groups in total.